The van der Waals surface area contributed by atoms with Gasteiger partial charge < -0.3 is 20.5 Å². The summed E-state index contributed by atoms with van der Waals surface area (Å²) in [4.78, 5) is 14.1. The van der Waals surface area contributed by atoms with Crippen molar-refractivity contribution in [2.45, 2.75) is 25.9 Å². The summed E-state index contributed by atoms with van der Waals surface area (Å²) in [5.74, 6) is -0.187. The van der Waals surface area contributed by atoms with Crippen molar-refractivity contribution in [1.82, 2.24) is 9.47 Å². The summed E-state index contributed by atoms with van der Waals surface area (Å²) in [6.07, 6.45) is 2.08. The quantitative estimate of drug-likeness (QED) is 0.861. The Morgan fingerprint density at radius 3 is 2.48 bits per heavy atom. The van der Waals surface area contributed by atoms with Gasteiger partial charge in [0.25, 0.3) is 0 Å². The van der Waals surface area contributed by atoms with Gasteiger partial charge in [-0.05, 0) is 51.5 Å². The highest BCUT2D eigenvalue weighted by Gasteiger charge is 2.21. The number of carbonyl (C=O) groups is 1. The van der Waals surface area contributed by atoms with Gasteiger partial charge >= 0.3 is 0 Å². The van der Waals surface area contributed by atoms with Crippen molar-refractivity contribution in [3.63, 3.8) is 0 Å². The lowest BCUT2D eigenvalue weighted by Crippen LogP contribution is -2.45. The van der Waals surface area contributed by atoms with Crippen LogP contribution in [0.5, 0.6) is 0 Å². The fraction of sp³-hybridized carbons (Fsp3) is 0.438. The molecule has 0 atom stereocenters. The van der Waals surface area contributed by atoms with Gasteiger partial charge in [0.15, 0.2) is 0 Å². The largest absolute Gasteiger partial charge is 0.346 e. The van der Waals surface area contributed by atoms with Gasteiger partial charge in [-0.15, -0.1) is 24.8 Å². The number of hydrogen-bond acceptors (Lipinski definition) is 3. The lowest BCUT2D eigenvalue weighted by molar-refractivity contribution is -0.120. The van der Waals surface area contributed by atoms with Gasteiger partial charge in [-0.1, -0.05) is 6.07 Å². The molecule has 0 aliphatic rings. The second-order valence-corrected chi connectivity index (χ2v) is 6.26. The van der Waals surface area contributed by atoms with Crippen LogP contribution >= 0.6 is 24.8 Å². The van der Waals surface area contributed by atoms with E-state index in [9.17, 15) is 4.79 Å². The predicted molar refractivity (Wildman–Crippen MR) is 102 cm³/mol. The molecule has 0 bridgehead atoms. The van der Waals surface area contributed by atoms with E-state index in [4.69, 9.17) is 5.73 Å². The van der Waals surface area contributed by atoms with Crippen LogP contribution in [-0.4, -0.2) is 41.6 Å². The van der Waals surface area contributed by atoms with Crippen LogP contribution in [-0.2, 0) is 11.3 Å². The van der Waals surface area contributed by atoms with Gasteiger partial charge in [-0.3, -0.25) is 4.79 Å². The molecule has 0 saturated carbocycles. The van der Waals surface area contributed by atoms with Crippen molar-refractivity contribution in [1.29, 1.82) is 0 Å². The number of carbonyl (C=O) groups excluding carboxylic acids is 1. The van der Waals surface area contributed by atoms with E-state index in [0.29, 0.717) is 0 Å². The molecule has 1 heterocycles. The maximum absolute atomic E-state index is 12.0. The van der Waals surface area contributed by atoms with Crippen LogP contribution < -0.4 is 11.1 Å². The minimum Gasteiger partial charge on any atom is -0.346 e. The molecule has 0 saturated heterocycles. The van der Waals surface area contributed by atoms with Crippen LogP contribution in [0.25, 0.3) is 10.9 Å². The molecular formula is C16H26Cl2N4O. The summed E-state index contributed by atoms with van der Waals surface area (Å²) in [5.41, 5.74) is 6.81. The zero-order valence-corrected chi connectivity index (χ0v) is 15.6. The van der Waals surface area contributed by atoms with E-state index >= 15 is 0 Å². The molecule has 0 unspecified atom stereocenters. The Hall–Kier alpha value is -1.27. The summed E-state index contributed by atoms with van der Waals surface area (Å²) < 4.78 is 2.19. The van der Waals surface area contributed by atoms with Crippen LogP contribution in [0, 0.1) is 0 Å². The molecule has 0 aliphatic carbocycles. The summed E-state index contributed by atoms with van der Waals surface area (Å²) in [5, 5.41) is 4.03. The minimum atomic E-state index is -0.887. The summed E-state index contributed by atoms with van der Waals surface area (Å²) in [6.45, 7) is 5.27. The van der Waals surface area contributed by atoms with Crippen LogP contribution in [0.3, 0.4) is 0 Å². The molecule has 130 valence electrons. The van der Waals surface area contributed by atoms with Gasteiger partial charge in [0, 0.05) is 25.0 Å². The third-order valence-corrected chi connectivity index (χ3v) is 3.41. The monoisotopic (exact) mass is 360 g/mol. The maximum atomic E-state index is 12.0. The van der Waals surface area contributed by atoms with Crippen LogP contribution in [0.4, 0.5) is 5.69 Å². The number of likely N-dealkylation sites (N-methyl/N-ethyl adjacent to an activating group) is 1. The van der Waals surface area contributed by atoms with E-state index in [-0.39, 0.29) is 30.7 Å². The second-order valence-electron chi connectivity index (χ2n) is 6.26. The molecule has 3 N–H and O–H groups in total. The van der Waals surface area contributed by atoms with Crippen molar-refractivity contribution in [2.75, 3.05) is 26.0 Å². The van der Waals surface area contributed by atoms with Crippen LogP contribution in [0.15, 0.2) is 30.5 Å². The molecule has 0 spiro atoms. The van der Waals surface area contributed by atoms with E-state index in [2.05, 4.69) is 41.1 Å². The van der Waals surface area contributed by atoms with Crippen molar-refractivity contribution >= 4 is 47.3 Å². The van der Waals surface area contributed by atoms with Crippen LogP contribution in [0.2, 0.25) is 0 Å². The Morgan fingerprint density at radius 2 is 1.91 bits per heavy atom. The number of rotatable bonds is 5. The Labute approximate surface area is 150 Å². The third-order valence-electron chi connectivity index (χ3n) is 3.41. The summed E-state index contributed by atoms with van der Waals surface area (Å²) >= 11 is 0. The zero-order valence-electron chi connectivity index (χ0n) is 14.0. The van der Waals surface area contributed by atoms with Gasteiger partial charge in [-0.2, -0.15) is 0 Å². The fourth-order valence-electron chi connectivity index (χ4n) is 2.06. The van der Waals surface area contributed by atoms with E-state index in [1.807, 2.05) is 18.2 Å². The number of halogens is 2. The number of anilines is 1. The fourth-order valence-corrected chi connectivity index (χ4v) is 2.06. The highest BCUT2D eigenvalue weighted by molar-refractivity contribution is 5.98. The summed E-state index contributed by atoms with van der Waals surface area (Å²) in [7, 11) is 4.11. The van der Waals surface area contributed by atoms with Crippen molar-refractivity contribution in [3.05, 3.63) is 30.5 Å². The minimum absolute atomic E-state index is 0. The van der Waals surface area contributed by atoms with Crippen molar-refractivity contribution in [2.24, 2.45) is 5.73 Å². The molecule has 5 nitrogen and oxygen atoms in total. The van der Waals surface area contributed by atoms with Gasteiger partial charge in [-0.25, -0.2) is 0 Å². The first-order chi connectivity index (χ1) is 9.77. The Morgan fingerprint density at radius 1 is 1.26 bits per heavy atom. The van der Waals surface area contributed by atoms with Gasteiger partial charge in [0.2, 0.25) is 5.91 Å². The van der Waals surface area contributed by atoms with E-state index in [1.54, 1.807) is 13.8 Å². The lowest BCUT2D eigenvalue weighted by Gasteiger charge is -2.18. The third kappa shape index (κ3) is 5.70. The molecule has 2 aromatic rings. The maximum Gasteiger partial charge on any atom is 0.243 e. The Kier molecular flexibility index (Phi) is 8.07. The van der Waals surface area contributed by atoms with Crippen molar-refractivity contribution < 1.29 is 4.79 Å². The van der Waals surface area contributed by atoms with Gasteiger partial charge in [0.1, 0.15) is 0 Å². The molecule has 7 heteroatoms. The molecule has 1 aromatic heterocycles. The van der Waals surface area contributed by atoms with Crippen LogP contribution in [0.1, 0.15) is 13.8 Å². The Balaban J connectivity index is 0.00000242. The second kappa shape index (κ2) is 8.55. The molecule has 0 aliphatic heterocycles. The Bertz CT molecular complexity index is 647. The number of aromatic nitrogens is 1. The van der Waals surface area contributed by atoms with E-state index in [1.165, 1.54) is 5.39 Å². The number of benzene rings is 1. The predicted octanol–water partition coefficient (Wildman–Crippen LogP) is 2.72. The zero-order chi connectivity index (χ0) is 15.6. The number of fused-ring (bicyclic) bond motifs is 1. The number of nitrogens with zero attached hydrogens (tertiary/aromatic N) is 2. The van der Waals surface area contributed by atoms with E-state index in [0.717, 1.165) is 24.3 Å². The summed E-state index contributed by atoms with van der Waals surface area (Å²) in [6, 6.07) is 8.00. The molecular weight excluding hydrogens is 335 g/mol. The standard InChI is InChI=1S/C16H24N4O.2ClH/c1-16(2,17)15(21)18-13-6-5-12-7-8-20(14(12)11-13)10-9-19(3)4;;/h5-8,11H,9-10,17H2,1-4H3,(H,18,21);2*1H. The average Bonchev–Trinajstić information content (AvgIpc) is 2.77. The number of hydrogen-bond donors (Lipinski definition) is 2. The SMILES string of the molecule is CN(C)CCn1ccc2ccc(NC(=O)C(C)(C)N)cc21.Cl.Cl. The topological polar surface area (TPSA) is 63.3 Å². The first kappa shape index (κ1) is 21.7. The first-order valence-corrected chi connectivity index (χ1v) is 7.11. The first-order valence-electron chi connectivity index (χ1n) is 7.11. The van der Waals surface area contributed by atoms with E-state index < -0.39 is 5.54 Å². The number of nitrogens with one attached hydrogen (secondary N) is 1. The molecule has 1 amide bonds. The molecule has 1 aromatic carbocycles. The average molecular weight is 361 g/mol. The lowest BCUT2D eigenvalue weighted by atomic mass is 10.1. The molecule has 23 heavy (non-hydrogen) atoms. The molecule has 0 fully saturated rings. The highest BCUT2D eigenvalue weighted by Crippen LogP contribution is 2.21. The smallest absolute Gasteiger partial charge is 0.243 e. The number of nitrogens with two attached hydrogens (primary N) is 1. The molecule has 2 rings (SSSR count). The highest BCUT2D eigenvalue weighted by atomic mass is 35.5. The number of amides is 1. The van der Waals surface area contributed by atoms with Crippen molar-refractivity contribution in [3.8, 4) is 0 Å². The van der Waals surface area contributed by atoms with Gasteiger partial charge in [0.05, 0.1) is 11.1 Å². The normalized spacial score (nSPS) is 11.0. The molecule has 0 radical (unpaired) electrons.